The molecule has 6 heteroatoms. The largest absolute Gasteiger partial charge is 0.458 e. The Morgan fingerprint density at radius 1 is 1.33 bits per heavy atom. The fraction of sp³-hybridized carbons (Fsp3) is 0.333. The van der Waals surface area contributed by atoms with Crippen LogP contribution >= 0.6 is 11.6 Å². The highest BCUT2D eigenvalue weighted by molar-refractivity contribution is 6.31. The molecule has 126 valence electrons. The molecule has 1 amide bonds. The number of benzene rings is 1. The summed E-state index contributed by atoms with van der Waals surface area (Å²) < 4.78 is 5.31. The van der Waals surface area contributed by atoms with Gasteiger partial charge in [0.15, 0.2) is 11.4 Å². The second kappa shape index (κ2) is 6.07. The van der Waals surface area contributed by atoms with Gasteiger partial charge in [-0.25, -0.2) is 0 Å². The highest BCUT2D eigenvalue weighted by Crippen LogP contribution is 2.44. The number of rotatable bonds is 5. The SMILES string of the molecule is CCCN1C(=O)[C@](O)(CC(=O)c2ccc(C)o2)c2cc(Cl)ccc21. The molecule has 2 heterocycles. The van der Waals surface area contributed by atoms with Crippen molar-refractivity contribution in [3.8, 4) is 0 Å². The number of nitrogens with zero attached hydrogens (tertiary/aromatic N) is 1. The number of hydrogen-bond acceptors (Lipinski definition) is 4. The molecular weight excluding hydrogens is 330 g/mol. The van der Waals surface area contributed by atoms with E-state index >= 15 is 0 Å². The van der Waals surface area contributed by atoms with Crippen molar-refractivity contribution in [3.63, 3.8) is 0 Å². The molecule has 1 atom stereocenters. The molecule has 0 aliphatic carbocycles. The van der Waals surface area contributed by atoms with E-state index in [9.17, 15) is 14.7 Å². The maximum atomic E-state index is 12.8. The van der Waals surface area contributed by atoms with E-state index in [0.29, 0.717) is 28.6 Å². The van der Waals surface area contributed by atoms with Gasteiger partial charge in [0, 0.05) is 17.1 Å². The number of anilines is 1. The third kappa shape index (κ3) is 2.64. The van der Waals surface area contributed by atoms with Gasteiger partial charge in [0.05, 0.1) is 12.1 Å². The number of furan rings is 1. The molecule has 1 aromatic carbocycles. The molecule has 0 spiro atoms. The summed E-state index contributed by atoms with van der Waals surface area (Å²) >= 11 is 6.04. The highest BCUT2D eigenvalue weighted by atomic mass is 35.5. The lowest BCUT2D eigenvalue weighted by atomic mass is 9.89. The van der Waals surface area contributed by atoms with Crippen LogP contribution in [0.1, 0.15) is 41.6 Å². The van der Waals surface area contributed by atoms with Crippen molar-refractivity contribution in [3.05, 3.63) is 52.4 Å². The first-order valence-electron chi connectivity index (χ1n) is 7.81. The molecule has 0 unspecified atom stereocenters. The maximum absolute atomic E-state index is 12.8. The number of aliphatic hydroxyl groups is 1. The van der Waals surface area contributed by atoms with Crippen LogP contribution in [-0.4, -0.2) is 23.3 Å². The minimum Gasteiger partial charge on any atom is -0.458 e. The lowest BCUT2D eigenvalue weighted by Gasteiger charge is -2.22. The summed E-state index contributed by atoms with van der Waals surface area (Å²) in [5.41, 5.74) is -0.963. The van der Waals surface area contributed by atoms with Gasteiger partial charge in [-0.1, -0.05) is 18.5 Å². The first-order valence-corrected chi connectivity index (χ1v) is 8.18. The zero-order valence-electron chi connectivity index (χ0n) is 13.5. The van der Waals surface area contributed by atoms with Gasteiger partial charge in [-0.05, 0) is 43.7 Å². The zero-order chi connectivity index (χ0) is 17.5. The quantitative estimate of drug-likeness (QED) is 0.841. The normalized spacial score (nSPS) is 19.7. The number of fused-ring (bicyclic) bond motifs is 1. The van der Waals surface area contributed by atoms with E-state index in [1.54, 1.807) is 37.3 Å². The molecule has 0 radical (unpaired) electrons. The third-order valence-corrected chi connectivity index (χ3v) is 4.41. The Morgan fingerprint density at radius 2 is 2.08 bits per heavy atom. The van der Waals surface area contributed by atoms with E-state index in [0.717, 1.165) is 6.42 Å². The van der Waals surface area contributed by atoms with Crippen LogP contribution in [0.5, 0.6) is 0 Å². The Kier molecular flexibility index (Phi) is 4.24. The van der Waals surface area contributed by atoms with Gasteiger partial charge >= 0.3 is 0 Å². The maximum Gasteiger partial charge on any atom is 0.264 e. The molecule has 1 aliphatic rings. The van der Waals surface area contributed by atoms with Gasteiger partial charge in [0.25, 0.3) is 5.91 Å². The average Bonchev–Trinajstić information content (AvgIpc) is 3.05. The number of ketones is 1. The van der Waals surface area contributed by atoms with Crippen molar-refractivity contribution >= 4 is 29.0 Å². The van der Waals surface area contributed by atoms with E-state index in [1.165, 1.54) is 4.90 Å². The topological polar surface area (TPSA) is 70.8 Å². The number of aryl methyl sites for hydroxylation is 1. The molecule has 0 saturated carbocycles. The number of Topliss-reactive ketones (excluding diaryl/α,β-unsaturated/α-hetero) is 1. The lowest BCUT2D eigenvalue weighted by molar-refractivity contribution is -0.135. The van der Waals surface area contributed by atoms with E-state index < -0.39 is 17.3 Å². The van der Waals surface area contributed by atoms with Gasteiger partial charge in [0.1, 0.15) is 5.76 Å². The fourth-order valence-electron chi connectivity index (χ4n) is 3.04. The predicted octanol–water partition coefficient (Wildman–Crippen LogP) is 3.46. The fourth-order valence-corrected chi connectivity index (χ4v) is 3.22. The first kappa shape index (κ1) is 16.7. The summed E-state index contributed by atoms with van der Waals surface area (Å²) in [4.78, 5) is 26.8. The van der Waals surface area contributed by atoms with Crippen LogP contribution < -0.4 is 4.90 Å². The molecule has 3 rings (SSSR count). The minimum atomic E-state index is -1.92. The van der Waals surface area contributed by atoms with Crippen LogP contribution in [0.4, 0.5) is 5.69 Å². The molecule has 24 heavy (non-hydrogen) atoms. The third-order valence-electron chi connectivity index (χ3n) is 4.17. The van der Waals surface area contributed by atoms with Gasteiger partial charge in [-0.15, -0.1) is 0 Å². The standard InChI is InChI=1S/C18H18ClNO4/c1-3-8-20-14-6-5-12(19)9-13(14)18(23,17(20)22)10-15(21)16-7-4-11(2)24-16/h4-7,9,23H,3,8,10H2,1-2H3/t18-/m0/s1. The van der Waals surface area contributed by atoms with Crippen LogP contribution in [0.15, 0.2) is 34.7 Å². The number of hydrogen-bond donors (Lipinski definition) is 1. The van der Waals surface area contributed by atoms with Crippen LogP contribution in [0, 0.1) is 6.92 Å². The molecule has 0 fully saturated rings. The smallest absolute Gasteiger partial charge is 0.264 e. The van der Waals surface area contributed by atoms with Gasteiger partial charge in [-0.2, -0.15) is 0 Å². The molecule has 2 aromatic rings. The summed E-state index contributed by atoms with van der Waals surface area (Å²) in [6, 6.07) is 8.13. The van der Waals surface area contributed by atoms with Crippen molar-refractivity contribution in [2.75, 3.05) is 11.4 Å². The van der Waals surface area contributed by atoms with Crippen LogP contribution in [0.2, 0.25) is 5.02 Å². The van der Waals surface area contributed by atoms with Gasteiger partial charge in [0.2, 0.25) is 5.78 Å². The van der Waals surface area contributed by atoms with Crippen molar-refractivity contribution in [1.29, 1.82) is 0 Å². The van der Waals surface area contributed by atoms with E-state index in [2.05, 4.69) is 0 Å². The molecule has 1 aromatic heterocycles. The number of amides is 1. The minimum absolute atomic E-state index is 0.131. The molecular formula is C18H18ClNO4. The molecule has 5 nitrogen and oxygen atoms in total. The summed E-state index contributed by atoms with van der Waals surface area (Å²) in [5.74, 6) is -0.202. The van der Waals surface area contributed by atoms with Crippen LogP contribution in [0.3, 0.4) is 0 Å². The molecule has 0 saturated heterocycles. The van der Waals surface area contributed by atoms with E-state index in [4.69, 9.17) is 16.0 Å². The van der Waals surface area contributed by atoms with Crippen molar-refractivity contribution in [2.45, 2.75) is 32.3 Å². The Balaban J connectivity index is 2.01. The summed E-state index contributed by atoms with van der Waals surface area (Å²) in [6.45, 7) is 4.13. The van der Waals surface area contributed by atoms with Gasteiger partial charge < -0.3 is 14.4 Å². The van der Waals surface area contributed by atoms with Gasteiger partial charge in [-0.3, -0.25) is 9.59 Å². The predicted molar refractivity (Wildman–Crippen MR) is 90.4 cm³/mol. The van der Waals surface area contributed by atoms with Crippen molar-refractivity contribution in [2.24, 2.45) is 0 Å². The molecule has 1 aliphatic heterocycles. The summed E-state index contributed by atoms with van der Waals surface area (Å²) in [5, 5.41) is 11.5. The summed E-state index contributed by atoms with van der Waals surface area (Å²) in [6.07, 6.45) is 0.349. The Morgan fingerprint density at radius 3 is 2.71 bits per heavy atom. The number of carbonyl (C=O) groups excluding carboxylic acids is 2. The second-order valence-electron chi connectivity index (χ2n) is 5.99. The average molecular weight is 348 g/mol. The molecule has 0 bridgehead atoms. The second-order valence-corrected chi connectivity index (χ2v) is 6.43. The summed E-state index contributed by atoms with van der Waals surface area (Å²) in [7, 11) is 0. The van der Waals surface area contributed by atoms with E-state index in [-0.39, 0.29) is 12.2 Å². The van der Waals surface area contributed by atoms with Crippen LogP contribution in [-0.2, 0) is 10.4 Å². The first-order chi connectivity index (χ1) is 11.4. The monoisotopic (exact) mass is 347 g/mol. The Labute approximate surface area is 144 Å². The zero-order valence-corrected chi connectivity index (χ0v) is 14.3. The van der Waals surface area contributed by atoms with Crippen molar-refractivity contribution in [1.82, 2.24) is 0 Å². The molecule has 1 N–H and O–H groups in total. The highest BCUT2D eigenvalue weighted by Gasteiger charge is 2.51. The Hall–Kier alpha value is -2.11. The van der Waals surface area contributed by atoms with Crippen LogP contribution in [0.25, 0.3) is 0 Å². The van der Waals surface area contributed by atoms with E-state index in [1.807, 2.05) is 6.92 Å². The number of carbonyl (C=O) groups is 2. The lowest BCUT2D eigenvalue weighted by Crippen LogP contribution is -2.42. The van der Waals surface area contributed by atoms with Crippen molar-refractivity contribution < 1.29 is 19.1 Å². The Bertz CT molecular complexity index is 813. The number of halogens is 1.